The SMILES string of the molecule is CCOC(=O)OC(C)(C)OC. The molecule has 4 heteroatoms. The van der Waals surface area contributed by atoms with Gasteiger partial charge >= 0.3 is 6.16 Å². The third-order valence-corrected chi connectivity index (χ3v) is 1.08. The maximum absolute atomic E-state index is 10.7. The van der Waals surface area contributed by atoms with E-state index in [4.69, 9.17) is 9.47 Å². The third-order valence-electron chi connectivity index (χ3n) is 1.08. The van der Waals surface area contributed by atoms with Gasteiger partial charge in [0.15, 0.2) is 0 Å². The normalized spacial score (nSPS) is 10.9. The lowest BCUT2D eigenvalue weighted by Gasteiger charge is -2.21. The second kappa shape index (κ2) is 4.18. The summed E-state index contributed by atoms with van der Waals surface area (Å²) in [6, 6.07) is 0. The van der Waals surface area contributed by atoms with E-state index in [2.05, 4.69) is 4.74 Å². The second-order valence-corrected chi connectivity index (χ2v) is 2.39. The van der Waals surface area contributed by atoms with E-state index in [1.54, 1.807) is 20.8 Å². The molecule has 0 fully saturated rings. The molecule has 0 bridgehead atoms. The summed E-state index contributed by atoms with van der Waals surface area (Å²) in [6.07, 6.45) is -0.709. The summed E-state index contributed by atoms with van der Waals surface area (Å²) in [7, 11) is 1.46. The zero-order valence-corrected chi connectivity index (χ0v) is 7.34. The van der Waals surface area contributed by atoms with E-state index in [9.17, 15) is 4.79 Å². The fourth-order valence-corrected chi connectivity index (χ4v) is 0.390. The molecule has 0 amide bonds. The molecule has 0 aliphatic carbocycles. The molecule has 0 saturated heterocycles. The van der Waals surface area contributed by atoms with Crippen molar-refractivity contribution in [2.45, 2.75) is 26.6 Å². The molecule has 0 atom stereocenters. The lowest BCUT2D eigenvalue weighted by molar-refractivity contribution is -0.171. The van der Waals surface area contributed by atoms with E-state index in [1.165, 1.54) is 7.11 Å². The summed E-state index contributed by atoms with van der Waals surface area (Å²) in [5.74, 6) is -0.910. The zero-order chi connectivity index (χ0) is 8.91. The molecule has 0 unspecified atom stereocenters. The average Bonchev–Trinajstić information content (AvgIpc) is 1.87. The standard InChI is InChI=1S/C7H14O4/c1-5-10-6(8)11-7(2,3)9-4/h5H2,1-4H3. The van der Waals surface area contributed by atoms with Crippen LogP contribution in [0.15, 0.2) is 0 Å². The Balaban J connectivity index is 3.74. The van der Waals surface area contributed by atoms with Gasteiger partial charge in [0.25, 0.3) is 0 Å². The smallest absolute Gasteiger partial charge is 0.435 e. The highest BCUT2D eigenvalue weighted by molar-refractivity contribution is 5.60. The Morgan fingerprint density at radius 2 is 2.00 bits per heavy atom. The van der Waals surface area contributed by atoms with E-state index in [0.29, 0.717) is 6.61 Å². The molecule has 0 saturated carbocycles. The average molecular weight is 162 g/mol. The van der Waals surface area contributed by atoms with Gasteiger partial charge in [-0.3, -0.25) is 0 Å². The van der Waals surface area contributed by atoms with Crippen molar-refractivity contribution in [2.24, 2.45) is 0 Å². The van der Waals surface area contributed by atoms with Crippen molar-refractivity contribution < 1.29 is 19.0 Å². The van der Waals surface area contributed by atoms with Crippen LogP contribution in [0, 0.1) is 0 Å². The van der Waals surface area contributed by atoms with E-state index >= 15 is 0 Å². The molecule has 0 aliphatic heterocycles. The highest BCUT2D eigenvalue weighted by atomic mass is 16.8. The van der Waals surface area contributed by atoms with Crippen LogP contribution in [0.2, 0.25) is 0 Å². The Hall–Kier alpha value is -0.770. The van der Waals surface area contributed by atoms with Crippen LogP contribution in [0.5, 0.6) is 0 Å². The highest BCUT2D eigenvalue weighted by Crippen LogP contribution is 2.09. The van der Waals surface area contributed by atoms with Crippen molar-refractivity contribution in [3.8, 4) is 0 Å². The minimum Gasteiger partial charge on any atom is -0.435 e. The lowest BCUT2D eigenvalue weighted by Crippen LogP contribution is -2.30. The Kier molecular flexibility index (Phi) is 3.89. The Bertz CT molecular complexity index is 130. The number of carbonyl (C=O) groups is 1. The maximum Gasteiger partial charge on any atom is 0.510 e. The first kappa shape index (κ1) is 10.2. The maximum atomic E-state index is 10.7. The first-order valence-electron chi connectivity index (χ1n) is 3.42. The van der Waals surface area contributed by atoms with Crippen molar-refractivity contribution in [2.75, 3.05) is 13.7 Å². The predicted octanol–water partition coefficient (Wildman–Crippen LogP) is 1.54. The minimum atomic E-state index is -0.910. The van der Waals surface area contributed by atoms with Gasteiger partial charge in [-0.25, -0.2) is 4.79 Å². The summed E-state index contributed by atoms with van der Waals surface area (Å²) >= 11 is 0. The van der Waals surface area contributed by atoms with Gasteiger partial charge in [0.2, 0.25) is 5.79 Å². The number of hydrogen-bond donors (Lipinski definition) is 0. The van der Waals surface area contributed by atoms with Crippen LogP contribution in [-0.2, 0) is 14.2 Å². The number of carbonyl (C=O) groups excluding carboxylic acids is 1. The van der Waals surface area contributed by atoms with E-state index in [1.807, 2.05) is 0 Å². The van der Waals surface area contributed by atoms with Crippen LogP contribution in [0.25, 0.3) is 0 Å². The molecule has 66 valence electrons. The Labute approximate surface area is 66.4 Å². The summed E-state index contributed by atoms with van der Waals surface area (Å²) in [5, 5.41) is 0. The molecular weight excluding hydrogens is 148 g/mol. The summed E-state index contributed by atoms with van der Waals surface area (Å²) in [6.45, 7) is 5.27. The van der Waals surface area contributed by atoms with E-state index in [0.717, 1.165) is 0 Å². The molecule has 0 radical (unpaired) electrons. The second-order valence-electron chi connectivity index (χ2n) is 2.39. The Morgan fingerprint density at radius 1 is 1.45 bits per heavy atom. The number of hydrogen-bond acceptors (Lipinski definition) is 4. The molecular formula is C7H14O4. The van der Waals surface area contributed by atoms with Crippen molar-refractivity contribution in [3.05, 3.63) is 0 Å². The van der Waals surface area contributed by atoms with Gasteiger partial charge < -0.3 is 14.2 Å². The fraction of sp³-hybridized carbons (Fsp3) is 0.857. The number of methoxy groups -OCH3 is 1. The third kappa shape index (κ3) is 4.61. The van der Waals surface area contributed by atoms with Crippen LogP contribution >= 0.6 is 0 Å². The first-order chi connectivity index (χ1) is 5.02. The van der Waals surface area contributed by atoms with Gasteiger partial charge in [-0.15, -0.1) is 0 Å². The van der Waals surface area contributed by atoms with Gasteiger partial charge in [0.1, 0.15) is 0 Å². The van der Waals surface area contributed by atoms with Crippen LogP contribution in [0.3, 0.4) is 0 Å². The topological polar surface area (TPSA) is 44.8 Å². The molecule has 0 aromatic rings. The monoisotopic (exact) mass is 162 g/mol. The molecule has 0 heterocycles. The molecule has 0 aliphatic rings. The van der Waals surface area contributed by atoms with Gasteiger partial charge in [-0.05, 0) is 6.92 Å². The van der Waals surface area contributed by atoms with Gasteiger partial charge in [-0.1, -0.05) is 0 Å². The van der Waals surface area contributed by atoms with Crippen molar-refractivity contribution in [3.63, 3.8) is 0 Å². The van der Waals surface area contributed by atoms with Crippen LogP contribution < -0.4 is 0 Å². The van der Waals surface area contributed by atoms with E-state index < -0.39 is 11.9 Å². The van der Waals surface area contributed by atoms with Crippen molar-refractivity contribution in [1.29, 1.82) is 0 Å². The van der Waals surface area contributed by atoms with Crippen LogP contribution in [0.4, 0.5) is 4.79 Å². The van der Waals surface area contributed by atoms with Crippen LogP contribution in [0.1, 0.15) is 20.8 Å². The Morgan fingerprint density at radius 3 is 2.36 bits per heavy atom. The van der Waals surface area contributed by atoms with Crippen LogP contribution in [-0.4, -0.2) is 25.7 Å². The largest absolute Gasteiger partial charge is 0.510 e. The van der Waals surface area contributed by atoms with Crippen molar-refractivity contribution in [1.82, 2.24) is 0 Å². The molecule has 4 nitrogen and oxygen atoms in total. The quantitative estimate of drug-likeness (QED) is 0.466. The predicted molar refractivity (Wildman–Crippen MR) is 39.2 cm³/mol. The first-order valence-corrected chi connectivity index (χ1v) is 3.42. The fourth-order valence-electron chi connectivity index (χ4n) is 0.390. The zero-order valence-electron chi connectivity index (χ0n) is 7.34. The minimum absolute atomic E-state index is 0.304. The summed E-state index contributed by atoms with van der Waals surface area (Å²) < 4.78 is 14.1. The molecule has 0 aromatic heterocycles. The summed E-state index contributed by atoms with van der Waals surface area (Å²) in [4.78, 5) is 10.7. The van der Waals surface area contributed by atoms with Gasteiger partial charge in [0, 0.05) is 21.0 Å². The molecule has 0 spiro atoms. The molecule has 0 aromatic carbocycles. The molecule has 11 heavy (non-hydrogen) atoms. The van der Waals surface area contributed by atoms with Gasteiger partial charge in [-0.2, -0.15) is 0 Å². The molecule has 0 N–H and O–H groups in total. The number of ether oxygens (including phenoxy) is 3. The van der Waals surface area contributed by atoms with E-state index in [-0.39, 0.29) is 0 Å². The summed E-state index contributed by atoms with van der Waals surface area (Å²) in [5.41, 5.74) is 0. The van der Waals surface area contributed by atoms with Gasteiger partial charge in [0.05, 0.1) is 6.61 Å². The highest BCUT2D eigenvalue weighted by Gasteiger charge is 2.22. The van der Waals surface area contributed by atoms with Crippen molar-refractivity contribution >= 4 is 6.16 Å². The lowest BCUT2D eigenvalue weighted by atomic mass is 10.4. The molecule has 0 rings (SSSR count). The number of rotatable bonds is 3.